The van der Waals surface area contributed by atoms with Crippen molar-refractivity contribution in [2.24, 2.45) is 5.10 Å². The molecule has 1 fully saturated rings. The molecule has 1 heterocycles. The van der Waals surface area contributed by atoms with E-state index < -0.39 is 11.8 Å². The normalized spacial score (nSPS) is 13.4. The number of nitrogens with zero attached hydrogens (tertiary/aromatic N) is 2. The molecule has 0 saturated carbocycles. The Morgan fingerprint density at radius 3 is 2.33 bits per heavy atom. The molecule has 33 heavy (non-hydrogen) atoms. The lowest BCUT2D eigenvalue weighted by Crippen LogP contribution is -2.42. The van der Waals surface area contributed by atoms with Crippen LogP contribution in [0.25, 0.3) is 0 Å². The van der Waals surface area contributed by atoms with E-state index in [0.29, 0.717) is 43.4 Å². The van der Waals surface area contributed by atoms with E-state index >= 15 is 0 Å². The van der Waals surface area contributed by atoms with Gasteiger partial charge in [0.05, 0.1) is 26.5 Å². The number of rotatable bonds is 8. The SMILES string of the molecule is COc1ccc(CNC(=O)C(=O)N/N=C\c2ccc(OCC(=O)N3CCOCC3)cc2)cc1. The maximum Gasteiger partial charge on any atom is 0.329 e. The molecule has 3 rings (SSSR count). The Labute approximate surface area is 191 Å². The Balaban J connectivity index is 1.38. The first-order valence-electron chi connectivity index (χ1n) is 10.4. The molecule has 10 heteroatoms. The molecule has 174 valence electrons. The summed E-state index contributed by atoms with van der Waals surface area (Å²) in [5, 5.41) is 6.31. The molecule has 0 radical (unpaired) electrons. The molecule has 1 aliphatic heterocycles. The van der Waals surface area contributed by atoms with E-state index in [1.807, 2.05) is 0 Å². The minimum atomic E-state index is -0.874. The van der Waals surface area contributed by atoms with Gasteiger partial charge in [0, 0.05) is 19.6 Å². The molecule has 1 saturated heterocycles. The molecule has 10 nitrogen and oxygen atoms in total. The molecule has 0 spiro atoms. The summed E-state index contributed by atoms with van der Waals surface area (Å²) in [6.45, 7) is 2.39. The van der Waals surface area contributed by atoms with Gasteiger partial charge in [-0.1, -0.05) is 12.1 Å². The molecule has 1 aliphatic rings. The molecule has 0 atom stereocenters. The van der Waals surface area contributed by atoms with Gasteiger partial charge < -0.3 is 24.4 Å². The van der Waals surface area contributed by atoms with Gasteiger partial charge in [0.2, 0.25) is 0 Å². The van der Waals surface area contributed by atoms with E-state index in [9.17, 15) is 14.4 Å². The summed E-state index contributed by atoms with van der Waals surface area (Å²) in [6.07, 6.45) is 1.40. The van der Waals surface area contributed by atoms with E-state index in [1.165, 1.54) is 6.21 Å². The standard InChI is InChI=1S/C23H26N4O6/c1-31-19-6-2-17(3-7-19)14-24-22(29)23(30)26-25-15-18-4-8-20(9-5-18)33-16-21(28)27-10-12-32-13-11-27/h2-9,15H,10-14,16H2,1H3,(H,24,29)(H,26,30)/b25-15-. The molecule has 0 unspecified atom stereocenters. The van der Waals surface area contributed by atoms with Crippen molar-refractivity contribution in [3.8, 4) is 11.5 Å². The summed E-state index contributed by atoms with van der Waals surface area (Å²) >= 11 is 0. The average molecular weight is 454 g/mol. The summed E-state index contributed by atoms with van der Waals surface area (Å²) in [4.78, 5) is 37.6. The zero-order chi connectivity index (χ0) is 23.5. The fourth-order valence-electron chi connectivity index (χ4n) is 2.92. The lowest BCUT2D eigenvalue weighted by atomic mass is 10.2. The maximum atomic E-state index is 12.1. The van der Waals surface area contributed by atoms with Gasteiger partial charge in [-0.3, -0.25) is 14.4 Å². The van der Waals surface area contributed by atoms with Gasteiger partial charge in [-0.15, -0.1) is 0 Å². The number of hydrazone groups is 1. The van der Waals surface area contributed by atoms with E-state index in [2.05, 4.69) is 15.8 Å². The number of hydrogen-bond acceptors (Lipinski definition) is 7. The highest BCUT2D eigenvalue weighted by molar-refractivity contribution is 6.35. The van der Waals surface area contributed by atoms with Gasteiger partial charge in [-0.25, -0.2) is 5.43 Å². The summed E-state index contributed by atoms with van der Waals surface area (Å²) in [7, 11) is 1.57. The number of methoxy groups -OCH3 is 1. The van der Waals surface area contributed by atoms with Crippen molar-refractivity contribution in [2.45, 2.75) is 6.54 Å². The zero-order valence-corrected chi connectivity index (χ0v) is 18.3. The van der Waals surface area contributed by atoms with Crippen molar-refractivity contribution in [3.63, 3.8) is 0 Å². The number of amides is 3. The zero-order valence-electron chi connectivity index (χ0n) is 18.3. The van der Waals surface area contributed by atoms with Crippen LogP contribution in [0.5, 0.6) is 11.5 Å². The highest BCUT2D eigenvalue weighted by atomic mass is 16.5. The fraction of sp³-hybridized carbons (Fsp3) is 0.304. The van der Waals surface area contributed by atoms with Crippen LogP contribution in [0, 0.1) is 0 Å². The second-order valence-electron chi connectivity index (χ2n) is 7.08. The number of ether oxygens (including phenoxy) is 3. The number of morpholine rings is 1. The molecule has 3 amide bonds. The predicted molar refractivity (Wildman–Crippen MR) is 120 cm³/mol. The Hall–Kier alpha value is -3.92. The minimum absolute atomic E-state index is 0.0465. The monoisotopic (exact) mass is 454 g/mol. The molecular formula is C23H26N4O6. The molecular weight excluding hydrogens is 428 g/mol. The van der Waals surface area contributed by atoms with Crippen molar-refractivity contribution >= 4 is 23.9 Å². The van der Waals surface area contributed by atoms with E-state index in [0.717, 1.165) is 5.56 Å². The van der Waals surface area contributed by atoms with Crippen LogP contribution in [0.15, 0.2) is 53.6 Å². The number of nitrogens with one attached hydrogen (secondary N) is 2. The minimum Gasteiger partial charge on any atom is -0.497 e. The molecule has 2 N–H and O–H groups in total. The van der Waals surface area contributed by atoms with E-state index in [4.69, 9.17) is 14.2 Å². The van der Waals surface area contributed by atoms with Crippen molar-refractivity contribution in [3.05, 3.63) is 59.7 Å². The molecule has 0 bridgehead atoms. The van der Waals surface area contributed by atoms with Gasteiger partial charge in [0.25, 0.3) is 5.91 Å². The van der Waals surface area contributed by atoms with Crippen LogP contribution in [0.3, 0.4) is 0 Å². The Kier molecular flexibility index (Phi) is 8.78. The maximum absolute atomic E-state index is 12.1. The van der Waals surface area contributed by atoms with Gasteiger partial charge >= 0.3 is 11.8 Å². The van der Waals surface area contributed by atoms with Crippen LogP contribution in [0.4, 0.5) is 0 Å². The first-order chi connectivity index (χ1) is 16.0. The Morgan fingerprint density at radius 2 is 1.67 bits per heavy atom. The number of benzene rings is 2. The van der Waals surface area contributed by atoms with Gasteiger partial charge in [-0.2, -0.15) is 5.10 Å². The van der Waals surface area contributed by atoms with Crippen molar-refractivity contribution in [2.75, 3.05) is 40.0 Å². The van der Waals surface area contributed by atoms with Crippen LogP contribution in [0.2, 0.25) is 0 Å². The lowest BCUT2D eigenvalue weighted by Gasteiger charge is -2.26. The quantitative estimate of drug-likeness (QED) is 0.344. The van der Waals surface area contributed by atoms with E-state index in [1.54, 1.807) is 60.5 Å². The topological polar surface area (TPSA) is 119 Å². The van der Waals surface area contributed by atoms with Crippen LogP contribution >= 0.6 is 0 Å². The third-order valence-electron chi connectivity index (χ3n) is 4.80. The Bertz CT molecular complexity index is 969. The summed E-state index contributed by atoms with van der Waals surface area (Å²) < 4.78 is 15.8. The van der Waals surface area contributed by atoms with Crippen LogP contribution in [-0.4, -0.2) is 68.9 Å². The third-order valence-corrected chi connectivity index (χ3v) is 4.80. The highest BCUT2D eigenvalue weighted by Gasteiger charge is 2.17. The first kappa shape index (κ1) is 23.7. The summed E-state index contributed by atoms with van der Waals surface area (Å²) in [5.74, 6) is -0.510. The average Bonchev–Trinajstić information content (AvgIpc) is 2.87. The summed E-state index contributed by atoms with van der Waals surface area (Å²) in [6, 6.07) is 13.9. The van der Waals surface area contributed by atoms with Crippen molar-refractivity contribution < 1.29 is 28.6 Å². The van der Waals surface area contributed by atoms with Crippen LogP contribution in [0.1, 0.15) is 11.1 Å². The highest BCUT2D eigenvalue weighted by Crippen LogP contribution is 2.12. The molecule has 0 aliphatic carbocycles. The largest absolute Gasteiger partial charge is 0.497 e. The number of hydrogen-bond donors (Lipinski definition) is 2. The third kappa shape index (κ3) is 7.62. The van der Waals surface area contributed by atoms with Crippen LogP contribution in [-0.2, 0) is 25.7 Å². The molecule has 2 aromatic rings. The fourth-order valence-corrected chi connectivity index (χ4v) is 2.92. The van der Waals surface area contributed by atoms with Gasteiger partial charge in [0.15, 0.2) is 6.61 Å². The van der Waals surface area contributed by atoms with Gasteiger partial charge in [-0.05, 0) is 47.5 Å². The predicted octanol–water partition coefficient (Wildman–Crippen LogP) is 0.699. The molecule has 2 aromatic carbocycles. The second kappa shape index (κ2) is 12.2. The summed E-state index contributed by atoms with van der Waals surface area (Å²) in [5.41, 5.74) is 3.69. The molecule has 0 aromatic heterocycles. The van der Waals surface area contributed by atoms with E-state index in [-0.39, 0.29) is 19.1 Å². The van der Waals surface area contributed by atoms with Crippen molar-refractivity contribution in [1.29, 1.82) is 0 Å². The smallest absolute Gasteiger partial charge is 0.329 e. The second-order valence-corrected chi connectivity index (χ2v) is 7.08. The first-order valence-corrected chi connectivity index (χ1v) is 10.4. The number of carbonyl (C=O) groups excluding carboxylic acids is 3. The number of carbonyl (C=O) groups is 3. The van der Waals surface area contributed by atoms with Gasteiger partial charge in [0.1, 0.15) is 11.5 Å². The lowest BCUT2D eigenvalue weighted by molar-refractivity contribution is -0.139. The van der Waals surface area contributed by atoms with Crippen molar-refractivity contribution in [1.82, 2.24) is 15.6 Å². The van der Waals surface area contributed by atoms with Crippen LogP contribution < -0.4 is 20.2 Å². The Morgan fingerprint density at radius 1 is 1.00 bits per heavy atom.